The minimum Gasteiger partial charge on any atom is -0.429 e. The average Bonchev–Trinajstić information content (AvgIpc) is 3.30. The zero-order valence-corrected chi connectivity index (χ0v) is 21.5. The molecule has 0 saturated heterocycles. The average molecular weight is 617 g/mol. The first-order valence-electron chi connectivity index (χ1n) is 11.6. The van der Waals surface area contributed by atoms with Crippen molar-refractivity contribution in [2.45, 2.75) is 19.1 Å². The second-order valence-electron chi connectivity index (χ2n) is 8.89. The third-order valence-corrected chi connectivity index (χ3v) is 6.90. The highest BCUT2D eigenvalue weighted by Gasteiger charge is 2.43. The van der Waals surface area contributed by atoms with E-state index in [0.717, 1.165) is 11.6 Å². The Bertz CT molecular complexity index is 1790. The van der Waals surface area contributed by atoms with Gasteiger partial charge in [-0.1, -0.05) is 6.07 Å². The summed E-state index contributed by atoms with van der Waals surface area (Å²) in [5, 5.41) is -0.849. The van der Waals surface area contributed by atoms with Crippen LogP contribution in [0.2, 0.25) is 0 Å². The predicted molar refractivity (Wildman–Crippen MR) is 131 cm³/mol. The smallest absolute Gasteiger partial charge is 0.429 e. The quantitative estimate of drug-likeness (QED) is 0.135. The summed E-state index contributed by atoms with van der Waals surface area (Å²) in [6.07, 6.45) is -8.99. The van der Waals surface area contributed by atoms with Crippen LogP contribution >= 0.6 is 11.3 Å². The molecule has 0 saturated carbocycles. The van der Waals surface area contributed by atoms with Crippen molar-refractivity contribution in [3.63, 3.8) is 0 Å². The Morgan fingerprint density at radius 2 is 1.24 bits per heavy atom. The number of aromatic nitrogens is 1. The Morgan fingerprint density at radius 1 is 0.643 bits per heavy atom. The molecule has 0 fully saturated rings. The molecule has 0 unspecified atom stereocenters. The van der Waals surface area contributed by atoms with E-state index in [-0.39, 0.29) is 17.6 Å². The van der Waals surface area contributed by atoms with Gasteiger partial charge in [-0.25, -0.2) is 31.3 Å². The van der Waals surface area contributed by atoms with Gasteiger partial charge in [0, 0.05) is 23.8 Å². The van der Waals surface area contributed by atoms with E-state index in [1.54, 1.807) is 19.1 Å². The zero-order valence-electron chi connectivity index (χ0n) is 20.7. The predicted octanol–water partition coefficient (Wildman–Crippen LogP) is 9.36. The van der Waals surface area contributed by atoms with Crippen LogP contribution in [0.1, 0.15) is 16.1 Å². The van der Waals surface area contributed by atoms with Crippen molar-refractivity contribution in [2.24, 2.45) is 0 Å². The number of hydrogen-bond acceptors (Lipinski definition) is 4. The van der Waals surface area contributed by atoms with Gasteiger partial charge in [-0.05, 0) is 54.4 Å². The first-order chi connectivity index (χ1) is 19.6. The Balaban J connectivity index is 1.38. The molecule has 1 aromatic heterocycles. The second kappa shape index (κ2) is 10.5. The van der Waals surface area contributed by atoms with E-state index >= 15 is 0 Å². The molecule has 4 aromatic carbocycles. The highest BCUT2D eigenvalue weighted by Crippen LogP contribution is 2.41. The number of ether oxygens (including phenoxy) is 2. The van der Waals surface area contributed by atoms with Crippen LogP contribution in [0.5, 0.6) is 11.5 Å². The number of nitrogens with zero attached hydrogens (tertiary/aromatic N) is 1. The van der Waals surface area contributed by atoms with Crippen molar-refractivity contribution >= 4 is 21.6 Å². The molecule has 0 spiro atoms. The van der Waals surface area contributed by atoms with E-state index in [2.05, 4.69) is 14.5 Å². The lowest BCUT2D eigenvalue weighted by Crippen LogP contribution is -2.26. The lowest BCUT2D eigenvalue weighted by Gasteiger charge is -2.21. The molecule has 0 aliphatic carbocycles. The fraction of sp³-hybridized carbons (Fsp3) is 0.107. The van der Waals surface area contributed by atoms with E-state index in [1.165, 1.54) is 6.07 Å². The summed E-state index contributed by atoms with van der Waals surface area (Å²) in [5.74, 6) is -12.6. The molecule has 3 nitrogen and oxygen atoms in total. The van der Waals surface area contributed by atoms with Crippen LogP contribution in [0.25, 0.3) is 21.3 Å². The van der Waals surface area contributed by atoms with Crippen molar-refractivity contribution in [3.8, 4) is 22.6 Å². The third kappa shape index (κ3) is 5.58. The topological polar surface area (TPSA) is 31.4 Å². The van der Waals surface area contributed by atoms with Gasteiger partial charge in [-0.15, -0.1) is 11.3 Å². The van der Waals surface area contributed by atoms with Crippen LogP contribution in [-0.2, 0) is 12.2 Å². The van der Waals surface area contributed by atoms with E-state index in [9.17, 15) is 43.9 Å². The van der Waals surface area contributed by atoms with Crippen molar-refractivity contribution in [3.05, 3.63) is 112 Å². The molecule has 0 aliphatic heterocycles. The van der Waals surface area contributed by atoms with Gasteiger partial charge in [0.2, 0.25) is 5.01 Å². The highest BCUT2D eigenvalue weighted by molar-refractivity contribution is 7.18. The first-order valence-corrected chi connectivity index (χ1v) is 12.4. The van der Waals surface area contributed by atoms with E-state index in [0.29, 0.717) is 40.3 Å². The first kappa shape index (κ1) is 29.2. The summed E-state index contributed by atoms with van der Waals surface area (Å²) in [4.78, 5) is 3.75. The summed E-state index contributed by atoms with van der Waals surface area (Å²) in [6.45, 7) is 1.73. The molecule has 0 radical (unpaired) electrons. The maximum atomic E-state index is 14.8. The molecule has 0 N–H and O–H groups in total. The van der Waals surface area contributed by atoms with Crippen LogP contribution in [-0.4, -0.2) is 4.98 Å². The highest BCUT2D eigenvalue weighted by atomic mass is 32.1. The van der Waals surface area contributed by atoms with Crippen LogP contribution in [0.3, 0.4) is 0 Å². The number of rotatable bonds is 7. The molecule has 5 rings (SSSR count). The van der Waals surface area contributed by atoms with Crippen molar-refractivity contribution < 1.29 is 53.4 Å². The largest absolute Gasteiger partial charge is 0.454 e. The van der Waals surface area contributed by atoms with Gasteiger partial charge in [0.25, 0.3) is 0 Å². The summed E-state index contributed by atoms with van der Waals surface area (Å²) in [6, 6.07) is 7.57. The van der Waals surface area contributed by atoms with Gasteiger partial charge in [0.15, 0.2) is 17.5 Å². The number of halogens is 10. The summed E-state index contributed by atoms with van der Waals surface area (Å²) < 4.78 is 152. The molecular formula is C28H13F10NO2S. The Kier molecular flexibility index (Phi) is 7.29. The van der Waals surface area contributed by atoms with Crippen LogP contribution in [0.15, 0.2) is 60.7 Å². The van der Waals surface area contributed by atoms with Gasteiger partial charge >= 0.3 is 12.2 Å². The summed E-state index contributed by atoms with van der Waals surface area (Å²) >= 11 is 0.559. The fourth-order valence-electron chi connectivity index (χ4n) is 3.94. The van der Waals surface area contributed by atoms with Crippen molar-refractivity contribution in [2.75, 3.05) is 0 Å². The van der Waals surface area contributed by atoms with Gasteiger partial charge in [0.05, 0.1) is 10.2 Å². The molecule has 218 valence electrons. The fourth-order valence-corrected chi connectivity index (χ4v) is 4.91. The third-order valence-electron chi connectivity index (χ3n) is 5.83. The zero-order chi connectivity index (χ0) is 30.6. The SMILES string of the molecule is Cc1ccc2nc(C(F)(F)Oc3cc(F)c(C(F)(F)Oc4ccc(-c5cc(F)c(F)c(F)c5)c(F)c4)c(F)c3)sc2c1. The van der Waals surface area contributed by atoms with Gasteiger partial charge in [-0.3, -0.25) is 0 Å². The van der Waals surface area contributed by atoms with E-state index in [1.807, 2.05) is 0 Å². The Hall–Kier alpha value is -4.33. The molecule has 0 amide bonds. The minimum atomic E-state index is -4.80. The van der Waals surface area contributed by atoms with Crippen LogP contribution < -0.4 is 9.47 Å². The number of fused-ring (bicyclic) bond motifs is 1. The Labute approximate surface area is 233 Å². The monoisotopic (exact) mass is 617 g/mol. The lowest BCUT2D eigenvalue weighted by molar-refractivity contribution is -0.190. The Morgan fingerprint density at radius 3 is 1.86 bits per heavy atom. The lowest BCUT2D eigenvalue weighted by atomic mass is 10.0. The molecule has 0 aliphatic rings. The molecule has 0 bridgehead atoms. The number of benzene rings is 4. The number of hydrogen-bond donors (Lipinski definition) is 0. The van der Waals surface area contributed by atoms with E-state index < -0.39 is 80.3 Å². The van der Waals surface area contributed by atoms with E-state index in [4.69, 9.17) is 0 Å². The molecule has 1 heterocycles. The van der Waals surface area contributed by atoms with Gasteiger partial charge < -0.3 is 9.47 Å². The van der Waals surface area contributed by atoms with Crippen molar-refractivity contribution in [1.82, 2.24) is 4.98 Å². The molecule has 14 heteroatoms. The standard InChI is InChI=1S/C28H13F10NO2S/c1-12-2-5-22-23(6-12)42-26(39-22)28(37,38)41-15-10-18(30)24(19(31)11-15)27(35,36)40-14-3-4-16(17(29)9-14)13-7-20(32)25(34)21(33)8-13/h2-11H,1H3. The maximum absolute atomic E-state index is 14.8. The minimum absolute atomic E-state index is 0.0857. The second-order valence-corrected chi connectivity index (χ2v) is 9.92. The number of alkyl halides is 4. The van der Waals surface area contributed by atoms with Gasteiger partial charge in [-0.2, -0.15) is 17.6 Å². The summed E-state index contributed by atoms with van der Waals surface area (Å²) in [7, 11) is 0. The van der Waals surface area contributed by atoms with Crippen LogP contribution in [0, 0.1) is 41.8 Å². The molecule has 5 aromatic rings. The number of aryl methyl sites for hydroxylation is 1. The normalized spacial score (nSPS) is 12.2. The summed E-state index contributed by atoms with van der Waals surface area (Å²) in [5.41, 5.74) is -2.03. The molecule has 42 heavy (non-hydrogen) atoms. The van der Waals surface area contributed by atoms with Crippen molar-refractivity contribution in [1.29, 1.82) is 0 Å². The molecular weight excluding hydrogens is 604 g/mol. The number of thiazole rings is 1. The maximum Gasteiger partial charge on any atom is 0.454 e. The van der Waals surface area contributed by atoms with Gasteiger partial charge in [0.1, 0.15) is 34.5 Å². The molecule has 0 atom stereocenters. The van der Waals surface area contributed by atoms with Crippen LogP contribution in [0.4, 0.5) is 43.9 Å².